The van der Waals surface area contributed by atoms with E-state index in [9.17, 15) is 14.4 Å². The van der Waals surface area contributed by atoms with Crippen molar-refractivity contribution in [2.75, 3.05) is 16.0 Å². The molecule has 0 fully saturated rings. The fourth-order valence-electron chi connectivity index (χ4n) is 2.72. The Morgan fingerprint density at radius 3 is 1.81 bits per heavy atom. The Morgan fingerprint density at radius 2 is 1.23 bits per heavy atom. The summed E-state index contributed by atoms with van der Waals surface area (Å²) in [6.07, 6.45) is 0. The summed E-state index contributed by atoms with van der Waals surface area (Å²) in [4.78, 5) is 36.8. The van der Waals surface area contributed by atoms with Gasteiger partial charge in [-0.05, 0) is 74.5 Å². The molecule has 0 aliphatic carbocycles. The van der Waals surface area contributed by atoms with Gasteiger partial charge in [0.1, 0.15) is 0 Å². The summed E-state index contributed by atoms with van der Waals surface area (Å²) in [7, 11) is 0. The molecule has 3 rings (SSSR count). The van der Waals surface area contributed by atoms with Crippen LogP contribution < -0.4 is 16.0 Å². The Morgan fingerprint density at radius 1 is 0.710 bits per heavy atom. The molecule has 3 aromatic carbocycles. The zero-order valence-electron chi connectivity index (χ0n) is 17.2. The van der Waals surface area contributed by atoms with E-state index in [1.807, 2.05) is 49.4 Å². The zero-order valence-corrected chi connectivity index (χ0v) is 18.0. The van der Waals surface area contributed by atoms with Gasteiger partial charge in [-0.15, -0.1) is 11.8 Å². The molecule has 0 aliphatic rings. The molecule has 3 aromatic rings. The lowest BCUT2D eigenvalue weighted by Gasteiger charge is -2.13. The van der Waals surface area contributed by atoms with Crippen molar-refractivity contribution in [3.8, 4) is 0 Å². The first-order chi connectivity index (χ1) is 14.9. The lowest BCUT2D eigenvalue weighted by Crippen LogP contribution is -2.22. The van der Waals surface area contributed by atoms with Crippen molar-refractivity contribution in [2.24, 2.45) is 0 Å². The van der Waals surface area contributed by atoms with Crippen molar-refractivity contribution < 1.29 is 14.4 Å². The molecule has 6 nitrogen and oxygen atoms in total. The molecule has 0 spiro atoms. The molecule has 0 aromatic heterocycles. The predicted octanol–water partition coefficient (Wildman–Crippen LogP) is 5.65. The predicted molar refractivity (Wildman–Crippen MR) is 126 cm³/mol. The summed E-state index contributed by atoms with van der Waals surface area (Å²) >= 11 is 1.41. The topological polar surface area (TPSA) is 87.3 Å². The zero-order chi connectivity index (χ0) is 22.2. The number of carbonyl (C=O) groups is 3. The van der Waals surface area contributed by atoms with Crippen LogP contribution in [0.15, 0.2) is 83.8 Å². The third-order valence-electron chi connectivity index (χ3n) is 4.38. The number of hydrogen-bond donors (Lipinski definition) is 3. The third kappa shape index (κ3) is 6.72. The first kappa shape index (κ1) is 22.1. The van der Waals surface area contributed by atoms with Gasteiger partial charge in [0.05, 0.1) is 5.25 Å². The van der Waals surface area contributed by atoms with E-state index in [0.717, 1.165) is 4.90 Å². The molecule has 0 heterocycles. The smallest absolute Gasteiger partial charge is 0.323 e. The van der Waals surface area contributed by atoms with Crippen molar-refractivity contribution in [1.82, 2.24) is 0 Å². The van der Waals surface area contributed by atoms with Crippen molar-refractivity contribution in [3.63, 3.8) is 0 Å². The minimum absolute atomic E-state index is 0.0164. The van der Waals surface area contributed by atoms with Crippen LogP contribution in [-0.4, -0.2) is 23.0 Å². The molecule has 0 bridgehead atoms. The highest BCUT2D eigenvalue weighted by molar-refractivity contribution is 8.00. The molecular weight excluding hydrogens is 410 g/mol. The molecule has 0 saturated heterocycles. The van der Waals surface area contributed by atoms with E-state index >= 15 is 0 Å². The van der Waals surface area contributed by atoms with E-state index < -0.39 is 0 Å². The number of para-hydroxylation sites is 1. The van der Waals surface area contributed by atoms with Gasteiger partial charge in [-0.3, -0.25) is 9.59 Å². The van der Waals surface area contributed by atoms with Gasteiger partial charge in [-0.1, -0.05) is 18.2 Å². The van der Waals surface area contributed by atoms with Crippen LogP contribution in [0.4, 0.5) is 21.9 Å². The summed E-state index contributed by atoms with van der Waals surface area (Å²) in [6.45, 7) is 3.33. The number of benzene rings is 3. The number of carbonyl (C=O) groups excluding carboxylic acids is 3. The first-order valence-corrected chi connectivity index (χ1v) is 10.6. The number of thioether (sulfide) groups is 1. The van der Waals surface area contributed by atoms with Gasteiger partial charge in [0.2, 0.25) is 5.91 Å². The van der Waals surface area contributed by atoms with Crippen molar-refractivity contribution in [2.45, 2.75) is 24.0 Å². The van der Waals surface area contributed by atoms with E-state index in [-0.39, 0.29) is 23.0 Å². The summed E-state index contributed by atoms with van der Waals surface area (Å²) in [6, 6.07) is 23.0. The first-order valence-electron chi connectivity index (χ1n) is 9.72. The summed E-state index contributed by atoms with van der Waals surface area (Å²) in [5.74, 6) is -0.151. The minimum atomic E-state index is -0.326. The molecule has 0 radical (unpaired) electrons. The van der Waals surface area contributed by atoms with E-state index in [2.05, 4.69) is 16.0 Å². The number of rotatable bonds is 7. The highest BCUT2D eigenvalue weighted by Crippen LogP contribution is 2.26. The molecule has 31 heavy (non-hydrogen) atoms. The minimum Gasteiger partial charge on any atom is -0.325 e. The molecule has 3 N–H and O–H groups in total. The highest BCUT2D eigenvalue weighted by Gasteiger charge is 2.15. The van der Waals surface area contributed by atoms with Crippen LogP contribution in [0.3, 0.4) is 0 Å². The molecule has 1 unspecified atom stereocenters. The largest absolute Gasteiger partial charge is 0.325 e. The van der Waals surface area contributed by atoms with Gasteiger partial charge in [-0.25, -0.2) is 4.79 Å². The molecule has 7 heteroatoms. The van der Waals surface area contributed by atoms with E-state index in [4.69, 9.17) is 0 Å². The fraction of sp³-hybridized carbons (Fsp3) is 0.125. The van der Waals surface area contributed by atoms with Crippen LogP contribution in [0, 0.1) is 0 Å². The molecule has 158 valence electrons. The Labute approximate surface area is 185 Å². The third-order valence-corrected chi connectivity index (χ3v) is 5.50. The van der Waals surface area contributed by atoms with Crippen LogP contribution in [0.5, 0.6) is 0 Å². The van der Waals surface area contributed by atoms with Crippen LogP contribution >= 0.6 is 11.8 Å². The lowest BCUT2D eigenvalue weighted by molar-refractivity contribution is -0.115. The average Bonchev–Trinajstić information content (AvgIpc) is 2.76. The monoisotopic (exact) mass is 433 g/mol. The standard InChI is InChI=1S/C24H23N3O3S/c1-16(28)18-8-10-20(11-9-18)25-23(29)17(2)31-22-14-12-21(13-15-22)27-24(30)26-19-6-4-3-5-7-19/h3-15,17H,1-2H3,(H,25,29)(H2,26,27,30). The van der Waals surface area contributed by atoms with Gasteiger partial charge in [0, 0.05) is 27.5 Å². The number of hydrogen-bond acceptors (Lipinski definition) is 4. The summed E-state index contributed by atoms with van der Waals surface area (Å²) in [5.41, 5.74) is 2.61. The highest BCUT2D eigenvalue weighted by atomic mass is 32.2. The second kappa shape index (κ2) is 10.4. The normalized spacial score (nSPS) is 11.3. The number of amides is 3. The second-order valence-electron chi connectivity index (χ2n) is 6.85. The number of urea groups is 1. The SMILES string of the molecule is CC(=O)c1ccc(NC(=O)C(C)Sc2ccc(NC(=O)Nc3ccccc3)cc2)cc1. The van der Waals surface area contributed by atoms with E-state index in [0.29, 0.717) is 22.6 Å². The Hall–Kier alpha value is -3.58. The Balaban J connectivity index is 1.50. The lowest BCUT2D eigenvalue weighted by atomic mass is 10.1. The Bertz CT molecular complexity index is 1050. The maximum atomic E-state index is 12.5. The van der Waals surface area contributed by atoms with Crippen LogP contribution in [-0.2, 0) is 4.79 Å². The molecule has 0 aliphatic heterocycles. The van der Waals surface area contributed by atoms with Crippen LogP contribution in [0.25, 0.3) is 0 Å². The summed E-state index contributed by atoms with van der Waals surface area (Å²) in [5, 5.41) is 8.06. The van der Waals surface area contributed by atoms with Crippen LogP contribution in [0.2, 0.25) is 0 Å². The average molecular weight is 434 g/mol. The molecular formula is C24H23N3O3S. The van der Waals surface area contributed by atoms with Crippen molar-refractivity contribution in [1.29, 1.82) is 0 Å². The molecule has 1 atom stereocenters. The van der Waals surface area contributed by atoms with Gasteiger partial charge >= 0.3 is 6.03 Å². The quantitative estimate of drug-likeness (QED) is 0.332. The number of anilines is 3. The second-order valence-corrected chi connectivity index (χ2v) is 8.27. The molecule has 3 amide bonds. The van der Waals surface area contributed by atoms with E-state index in [1.54, 1.807) is 36.4 Å². The number of Topliss-reactive ketones (excluding diaryl/α,β-unsaturated/α-hetero) is 1. The van der Waals surface area contributed by atoms with Crippen LogP contribution in [0.1, 0.15) is 24.2 Å². The number of ketones is 1. The van der Waals surface area contributed by atoms with Crippen molar-refractivity contribution in [3.05, 3.63) is 84.4 Å². The van der Waals surface area contributed by atoms with Gasteiger partial charge < -0.3 is 16.0 Å². The Kier molecular flexibility index (Phi) is 7.45. The number of nitrogens with one attached hydrogen (secondary N) is 3. The maximum absolute atomic E-state index is 12.5. The van der Waals surface area contributed by atoms with Gasteiger partial charge in [0.15, 0.2) is 5.78 Å². The summed E-state index contributed by atoms with van der Waals surface area (Å²) < 4.78 is 0. The maximum Gasteiger partial charge on any atom is 0.323 e. The fourth-order valence-corrected chi connectivity index (χ4v) is 3.59. The van der Waals surface area contributed by atoms with Gasteiger partial charge in [-0.2, -0.15) is 0 Å². The van der Waals surface area contributed by atoms with Gasteiger partial charge in [0.25, 0.3) is 0 Å². The van der Waals surface area contributed by atoms with E-state index in [1.165, 1.54) is 18.7 Å². The molecule has 0 saturated carbocycles. The van der Waals surface area contributed by atoms with Crippen molar-refractivity contribution >= 4 is 46.5 Å².